The van der Waals surface area contributed by atoms with Crippen LogP contribution in [0.2, 0.25) is 0 Å². The molecule has 0 aromatic heterocycles. The summed E-state index contributed by atoms with van der Waals surface area (Å²) in [4.78, 5) is 13.6. The summed E-state index contributed by atoms with van der Waals surface area (Å²) in [5, 5.41) is 5.12. The third kappa shape index (κ3) is 4.55. The zero-order valence-corrected chi connectivity index (χ0v) is 17.0. The zero-order valence-electron chi connectivity index (χ0n) is 15.4. The summed E-state index contributed by atoms with van der Waals surface area (Å²) in [6.07, 6.45) is 0. The van der Waals surface area contributed by atoms with Gasteiger partial charge in [0.2, 0.25) is 20.0 Å². The number of benzene rings is 2. The highest BCUT2D eigenvalue weighted by molar-refractivity contribution is 7.89. The van der Waals surface area contributed by atoms with Crippen molar-refractivity contribution in [2.75, 3.05) is 14.1 Å². The minimum Gasteiger partial charge on any atom is -0.335 e. The summed E-state index contributed by atoms with van der Waals surface area (Å²) >= 11 is 0. The van der Waals surface area contributed by atoms with Crippen molar-refractivity contribution < 1.29 is 26.0 Å². The maximum Gasteiger partial charge on any atom is 0.257 e. The second-order valence-electron chi connectivity index (χ2n) is 6.06. The van der Waals surface area contributed by atoms with Crippen molar-refractivity contribution in [3.05, 3.63) is 59.4 Å². The Kier molecular flexibility index (Phi) is 6.24. The molecule has 2 aromatic carbocycles. The lowest BCUT2D eigenvalue weighted by atomic mass is 10.1. The van der Waals surface area contributed by atoms with Gasteiger partial charge in [-0.3, -0.25) is 4.79 Å². The van der Waals surface area contributed by atoms with Crippen molar-refractivity contribution in [3.8, 4) is 0 Å². The average Bonchev–Trinajstić information content (AvgIpc) is 2.65. The first-order valence-electron chi connectivity index (χ1n) is 8.01. The van der Waals surface area contributed by atoms with Crippen molar-refractivity contribution in [2.24, 2.45) is 5.14 Å². The van der Waals surface area contributed by atoms with Gasteiger partial charge in [-0.05, 0) is 49.9 Å². The lowest BCUT2D eigenvalue weighted by Crippen LogP contribution is -2.31. The first-order valence-corrected chi connectivity index (χ1v) is 11.0. The number of amides is 1. The third-order valence-corrected chi connectivity index (χ3v) is 6.64. The van der Waals surface area contributed by atoms with Crippen molar-refractivity contribution >= 4 is 26.0 Å². The van der Waals surface area contributed by atoms with E-state index in [1.165, 1.54) is 37.2 Å². The molecule has 0 aliphatic carbocycles. The van der Waals surface area contributed by atoms with Crippen molar-refractivity contribution in [1.82, 2.24) is 9.62 Å². The van der Waals surface area contributed by atoms with Crippen LogP contribution in [0.4, 0.5) is 4.39 Å². The van der Waals surface area contributed by atoms with Gasteiger partial charge < -0.3 is 4.90 Å². The van der Waals surface area contributed by atoms with Crippen LogP contribution in [0.3, 0.4) is 0 Å². The quantitative estimate of drug-likeness (QED) is 0.714. The van der Waals surface area contributed by atoms with E-state index in [2.05, 4.69) is 4.72 Å². The number of carbonyl (C=O) groups excluding carboxylic acids is 1. The Morgan fingerprint density at radius 2 is 1.75 bits per heavy atom. The predicted molar refractivity (Wildman–Crippen MR) is 101 cm³/mol. The number of carbonyl (C=O) groups is 1. The molecule has 0 saturated heterocycles. The second kappa shape index (κ2) is 7.95. The number of primary sulfonamides is 1. The standard InChI is InChI=1S/C17H20FN3O5S2/c1-11(12-5-4-6-13(9-12)27(19,23)24)21(3)17(22)15-10-14(7-8-16(15)18)28(25,26)20-2/h4-11,20H,1-3H3,(H2,19,23,24). The van der Waals surface area contributed by atoms with E-state index in [4.69, 9.17) is 5.14 Å². The molecular formula is C17H20FN3O5S2. The zero-order chi connectivity index (χ0) is 21.3. The van der Waals surface area contributed by atoms with Gasteiger partial charge in [0.25, 0.3) is 5.91 Å². The maximum absolute atomic E-state index is 14.2. The number of nitrogens with one attached hydrogen (secondary N) is 1. The van der Waals surface area contributed by atoms with Gasteiger partial charge in [0.15, 0.2) is 0 Å². The van der Waals surface area contributed by atoms with Crippen molar-refractivity contribution in [2.45, 2.75) is 22.8 Å². The SMILES string of the molecule is CNS(=O)(=O)c1ccc(F)c(C(=O)N(C)C(C)c2cccc(S(N)(=O)=O)c2)c1. The lowest BCUT2D eigenvalue weighted by Gasteiger charge is -2.26. The minimum atomic E-state index is -3.93. The highest BCUT2D eigenvalue weighted by Gasteiger charge is 2.24. The van der Waals surface area contributed by atoms with E-state index >= 15 is 0 Å². The fourth-order valence-electron chi connectivity index (χ4n) is 2.49. The van der Waals surface area contributed by atoms with Crippen LogP contribution in [0.15, 0.2) is 52.3 Å². The molecule has 0 bridgehead atoms. The molecule has 152 valence electrons. The van der Waals surface area contributed by atoms with Gasteiger partial charge in [0.05, 0.1) is 21.4 Å². The molecule has 8 nitrogen and oxygen atoms in total. The van der Waals surface area contributed by atoms with Gasteiger partial charge in [-0.25, -0.2) is 31.1 Å². The molecule has 2 aromatic rings. The fraction of sp³-hybridized carbons (Fsp3) is 0.235. The summed E-state index contributed by atoms with van der Waals surface area (Å²) in [7, 11) is -5.19. The Balaban J connectivity index is 2.41. The number of halogens is 1. The molecule has 0 aliphatic heterocycles. The van der Waals surface area contributed by atoms with Gasteiger partial charge >= 0.3 is 0 Å². The normalized spacial score (nSPS) is 13.2. The van der Waals surface area contributed by atoms with Crippen LogP contribution in [0.25, 0.3) is 0 Å². The number of sulfonamides is 2. The molecule has 0 heterocycles. The van der Waals surface area contributed by atoms with E-state index in [-0.39, 0.29) is 9.79 Å². The van der Waals surface area contributed by atoms with Crippen LogP contribution in [0.1, 0.15) is 28.9 Å². The molecule has 0 fully saturated rings. The van der Waals surface area contributed by atoms with E-state index in [9.17, 15) is 26.0 Å². The first kappa shape index (κ1) is 22.0. The number of rotatable bonds is 6. The van der Waals surface area contributed by atoms with E-state index in [1.807, 2.05) is 0 Å². The van der Waals surface area contributed by atoms with Gasteiger partial charge in [-0.1, -0.05) is 12.1 Å². The molecule has 0 saturated carbocycles. The lowest BCUT2D eigenvalue weighted by molar-refractivity contribution is 0.0737. The highest BCUT2D eigenvalue weighted by Crippen LogP contribution is 2.24. The number of nitrogens with zero attached hydrogens (tertiary/aromatic N) is 1. The largest absolute Gasteiger partial charge is 0.335 e. The van der Waals surface area contributed by atoms with E-state index in [1.54, 1.807) is 13.0 Å². The Morgan fingerprint density at radius 1 is 1.11 bits per heavy atom. The average molecular weight is 429 g/mol. The van der Waals surface area contributed by atoms with Crippen LogP contribution in [-0.2, 0) is 20.0 Å². The molecule has 2 rings (SSSR count). The summed E-state index contributed by atoms with van der Waals surface area (Å²) in [6.45, 7) is 1.62. The Bertz CT molecular complexity index is 1120. The molecular weight excluding hydrogens is 409 g/mol. The molecule has 0 radical (unpaired) electrons. The van der Waals surface area contributed by atoms with Gasteiger partial charge in [0, 0.05) is 7.05 Å². The van der Waals surface area contributed by atoms with Crippen LogP contribution in [0.5, 0.6) is 0 Å². The molecule has 1 unspecified atom stereocenters. The summed E-state index contributed by atoms with van der Waals surface area (Å²) in [5.41, 5.74) is 0.0371. The van der Waals surface area contributed by atoms with Crippen molar-refractivity contribution in [3.63, 3.8) is 0 Å². The molecule has 3 N–H and O–H groups in total. The van der Waals surface area contributed by atoms with Crippen LogP contribution in [-0.4, -0.2) is 41.7 Å². The van der Waals surface area contributed by atoms with Gasteiger partial charge in [-0.2, -0.15) is 0 Å². The first-order chi connectivity index (χ1) is 12.9. The Labute approximate surface area is 163 Å². The van der Waals surface area contributed by atoms with Crippen LogP contribution >= 0.6 is 0 Å². The predicted octanol–water partition coefficient (Wildman–Crippen LogP) is 1.21. The summed E-state index contributed by atoms with van der Waals surface area (Å²) in [6, 6.07) is 7.98. The molecule has 0 spiro atoms. The number of hydrogen-bond donors (Lipinski definition) is 2. The molecule has 1 amide bonds. The van der Waals surface area contributed by atoms with Gasteiger partial charge in [-0.15, -0.1) is 0 Å². The monoisotopic (exact) mass is 429 g/mol. The number of nitrogens with two attached hydrogens (primary N) is 1. The van der Waals surface area contributed by atoms with Crippen LogP contribution < -0.4 is 9.86 Å². The maximum atomic E-state index is 14.2. The van der Waals surface area contributed by atoms with E-state index < -0.39 is 43.4 Å². The fourth-order valence-corrected chi connectivity index (χ4v) is 3.82. The summed E-state index contributed by atoms with van der Waals surface area (Å²) < 4.78 is 63.2. The van der Waals surface area contributed by atoms with Crippen LogP contribution in [0, 0.1) is 5.82 Å². The minimum absolute atomic E-state index is 0.119. The topological polar surface area (TPSA) is 127 Å². The molecule has 1 atom stereocenters. The molecule has 11 heteroatoms. The second-order valence-corrected chi connectivity index (χ2v) is 9.51. The smallest absolute Gasteiger partial charge is 0.257 e. The molecule has 0 aliphatic rings. The summed E-state index contributed by atoms with van der Waals surface area (Å²) in [5.74, 6) is -1.64. The third-order valence-electron chi connectivity index (χ3n) is 4.32. The number of hydrogen-bond acceptors (Lipinski definition) is 5. The Morgan fingerprint density at radius 3 is 2.32 bits per heavy atom. The highest BCUT2D eigenvalue weighted by atomic mass is 32.2. The molecule has 28 heavy (non-hydrogen) atoms. The van der Waals surface area contributed by atoms with E-state index in [0.29, 0.717) is 5.56 Å². The van der Waals surface area contributed by atoms with Crippen molar-refractivity contribution in [1.29, 1.82) is 0 Å². The Hall–Kier alpha value is -2.34. The van der Waals surface area contributed by atoms with E-state index in [0.717, 1.165) is 18.2 Å². The van der Waals surface area contributed by atoms with Gasteiger partial charge in [0.1, 0.15) is 5.82 Å².